The van der Waals surface area contributed by atoms with Crippen LogP contribution in [0.4, 0.5) is 13.2 Å². The number of aryl methyl sites for hydroxylation is 1. The van der Waals surface area contributed by atoms with Gasteiger partial charge < -0.3 is 9.63 Å². The lowest BCUT2D eigenvalue weighted by atomic mass is 9.97. The van der Waals surface area contributed by atoms with Crippen molar-refractivity contribution in [3.05, 3.63) is 52.9 Å². The highest BCUT2D eigenvalue weighted by atomic mass is 19.4. The molecule has 0 spiro atoms. The van der Waals surface area contributed by atoms with E-state index in [-0.39, 0.29) is 12.0 Å². The van der Waals surface area contributed by atoms with Crippen molar-refractivity contribution in [1.29, 1.82) is 0 Å². The minimum atomic E-state index is -4.42. The van der Waals surface area contributed by atoms with Crippen molar-refractivity contribution in [2.75, 3.05) is 6.54 Å². The van der Waals surface area contributed by atoms with Crippen LogP contribution in [0, 0.1) is 6.92 Å². The number of β-amino-alcohol motifs (C(OH)–C–C–N with tert-alkyl or cyclic N) is 1. The number of hydrogen-bond donors (Lipinski definition) is 1. The molecule has 124 valence electrons. The van der Waals surface area contributed by atoms with Gasteiger partial charge in [-0.2, -0.15) is 13.2 Å². The first-order valence-corrected chi connectivity index (χ1v) is 7.35. The topological polar surface area (TPSA) is 49.5 Å². The Labute approximate surface area is 131 Å². The van der Waals surface area contributed by atoms with E-state index >= 15 is 0 Å². The fourth-order valence-electron chi connectivity index (χ4n) is 3.12. The third-order valence-electron chi connectivity index (χ3n) is 4.05. The summed E-state index contributed by atoms with van der Waals surface area (Å²) in [5, 5.41) is 13.8. The van der Waals surface area contributed by atoms with Crippen molar-refractivity contribution in [1.82, 2.24) is 10.1 Å². The summed E-state index contributed by atoms with van der Waals surface area (Å²) in [4.78, 5) is 1.81. The molecule has 1 aromatic heterocycles. The van der Waals surface area contributed by atoms with Gasteiger partial charge >= 0.3 is 6.18 Å². The van der Waals surface area contributed by atoms with E-state index < -0.39 is 23.9 Å². The van der Waals surface area contributed by atoms with E-state index in [4.69, 9.17) is 4.52 Å². The van der Waals surface area contributed by atoms with Crippen LogP contribution in [0.3, 0.4) is 0 Å². The highest BCUT2D eigenvalue weighted by Gasteiger charge is 2.39. The molecule has 3 rings (SSSR count). The molecule has 1 aromatic carbocycles. The van der Waals surface area contributed by atoms with Gasteiger partial charge in [-0.1, -0.05) is 23.4 Å². The van der Waals surface area contributed by atoms with Crippen molar-refractivity contribution in [2.45, 2.75) is 38.2 Å². The number of rotatable bonds is 3. The lowest BCUT2D eigenvalue weighted by Crippen LogP contribution is -2.26. The molecule has 1 fully saturated rings. The molecule has 1 saturated heterocycles. The number of nitrogens with zero attached hydrogens (tertiary/aromatic N) is 2. The Morgan fingerprint density at radius 1 is 1.35 bits per heavy atom. The third kappa shape index (κ3) is 3.40. The smallest absolute Gasteiger partial charge is 0.392 e. The average molecular weight is 326 g/mol. The molecular weight excluding hydrogens is 309 g/mol. The number of aliphatic hydroxyl groups excluding tert-OH is 1. The molecule has 4 nitrogen and oxygen atoms in total. The average Bonchev–Trinajstić information content (AvgIpc) is 3.04. The van der Waals surface area contributed by atoms with Gasteiger partial charge in [0.2, 0.25) is 0 Å². The Balaban J connectivity index is 1.91. The molecule has 0 radical (unpaired) electrons. The number of benzene rings is 1. The van der Waals surface area contributed by atoms with Gasteiger partial charge in [0, 0.05) is 25.2 Å². The lowest BCUT2D eigenvalue weighted by Gasteiger charge is -2.26. The van der Waals surface area contributed by atoms with Crippen molar-refractivity contribution in [3.8, 4) is 0 Å². The summed E-state index contributed by atoms with van der Waals surface area (Å²) in [7, 11) is 0. The van der Waals surface area contributed by atoms with Gasteiger partial charge in [-0.25, -0.2) is 0 Å². The Hall–Kier alpha value is -1.86. The van der Waals surface area contributed by atoms with E-state index in [1.165, 1.54) is 12.1 Å². The molecule has 1 aliphatic rings. The first-order valence-electron chi connectivity index (χ1n) is 7.35. The van der Waals surface area contributed by atoms with Crippen LogP contribution in [-0.4, -0.2) is 27.8 Å². The Morgan fingerprint density at radius 3 is 2.74 bits per heavy atom. The fraction of sp³-hybridized carbons (Fsp3) is 0.438. The second-order valence-corrected chi connectivity index (χ2v) is 5.85. The summed E-state index contributed by atoms with van der Waals surface area (Å²) in [5.74, 6) is 0.645. The van der Waals surface area contributed by atoms with Crippen LogP contribution in [0.1, 0.15) is 35.0 Å². The molecular formula is C16H17F3N2O2. The fourth-order valence-corrected chi connectivity index (χ4v) is 3.12. The SMILES string of the molecule is Cc1cc(CN2CC(O)CC2c2ccccc2C(F)(F)F)no1. The first-order chi connectivity index (χ1) is 10.8. The van der Waals surface area contributed by atoms with Gasteiger partial charge in [0.25, 0.3) is 0 Å². The maximum Gasteiger partial charge on any atom is 0.416 e. The van der Waals surface area contributed by atoms with Crippen molar-refractivity contribution < 1.29 is 22.8 Å². The van der Waals surface area contributed by atoms with Crippen LogP contribution < -0.4 is 0 Å². The van der Waals surface area contributed by atoms with Gasteiger partial charge in [0.1, 0.15) is 5.76 Å². The minimum absolute atomic E-state index is 0.191. The molecule has 1 aliphatic heterocycles. The van der Waals surface area contributed by atoms with Crippen molar-refractivity contribution in [2.24, 2.45) is 0 Å². The predicted octanol–water partition coefficient (Wildman–Crippen LogP) is 3.31. The summed E-state index contributed by atoms with van der Waals surface area (Å²) in [6, 6.07) is 6.78. The first kappa shape index (κ1) is 16.0. The van der Waals surface area contributed by atoms with Gasteiger partial charge in [-0.05, 0) is 25.0 Å². The molecule has 2 unspecified atom stereocenters. The standard InChI is InChI=1S/C16H17F3N2O2/c1-10-6-11(20-23-10)8-21-9-12(22)7-15(21)13-4-2-3-5-14(13)16(17,18)19/h2-6,12,15,22H,7-9H2,1H3. The van der Waals surface area contributed by atoms with E-state index in [1.54, 1.807) is 19.1 Å². The van der Waals surface area contributed by atoms with Crippen molar-refractivity contribution >= 4 is 0 Å². The van der Waals surface area contributed by atoms with Crippen LogP contribution in [0.2, 0.25) is 0 Å². The number of aliphatic hydroxyl groups is 1. The zero-order chi connectivity index (χ0) is 16.6. The number of halogens is 3. The third-order valence-corrected chi connectivity index (χ3v) is 4.05. The van der Waals surface area contributed by atoms with Gasteiger partial charge in [-0.15, -0.1) is 0 Å². The number of alkyl halides is 3. The van der Waals surface area contributed by atoms with E-state index in [0.29, 0.717) is 24.5 Å². The Bertz CT molecular complexity index is 684. The summed E-state index contributed by atoms with van der Waals surface area (Å²) < 4.78 is 44.7. The highest BCUT2D eigenvalue weighted by Crippen LogP contribution is 2.40. The number of hydrogen-bond acceptors (Lipinski definition) is 4. The van der Waals surface area contributed by atoms with Gasteiger partial charge in [-0.3, -0.25) is 4.90 Å². The van der Waals surface area contributed by atoms with Crippen LogP contribution >= 0.6 is 0 Å². The van der Waals surface area contributed by atoms with E-state index in [1.807, 2.05) is 4.90 Å². The molecule has 2 aromatic rings. The highest BCUT2D eigenvalue weighted by molar-refractivity contribution is 5.33. The molecule has 1 N–H and O–H groups in total. The zero-order valence-corrected chi connectivity index (χ0v) is 12.5. The van der Waals surface area contributed by atoms with Crippen molar-refractivity contribution in [3.63, 3.8) is 0 Å². The zero-order valence-electron chi connectivity index (χ0n) is 12.5. The second kappa shape index (κ2) is 5.98. The van der Waals surface area contributed by atoms with Gasteiger partial charge in [0.05, 0.1) is 17.4 Å². The maximum absolute atomic E-state index is 13.2. The summed E-state index contributed by atoms with van der Waals surface area (Å²) in [6.45, 7) is 2.40. The van der Waals surface area contributed by atoms with E-state index in [2.05, 4.69) is 5.16 Å². The second-order valence-electron chi connectivity index (χ2n) is 5.85. The summed E-state index contributed by atoms with van der Waals surface area (Å²) in [5.41, 5.74) is 0.184. The molecule has 0 amide bonds. The monoisotopic (exact) mass is 326 g/mol. The largest absolute Gasteiger partial charge is 0.416 e. The molecule has 0 saturated carbocycles. The molecule has 0 bridgehead atoms. The molecule has 0 aliphatic carbocycles. The summed E-state index contributed by atoms with van der Waals surface area (Å²) >= 11 is 0. The lowest BCUT2D eigenvalue weighted by molar-refractivity contribution is -0.138. The molecule has 2 heterocycles. The quantitative estimate of drug-likeness (QED) is 0.940. The van der Waals surface area contributed by atoms with Crippen LogP contribution in [0.5, 0.6) is 0 Å². The molecule has 23 heavy (non-hydrogen) atoms. The van der Waals surface area contributed by atoms with E-state index in [9.17, 15) is 18.3 Å². The Morgan fingerprint density at radius 2 is 2.09 bits per heavy atom. The maximum atomic E-state index is 13.2. The summed E-state index contributed by atoms with van der Waals surface area (Å²) in [6.07, 6.45) is -4.81. The van der Waals surface area contributed by atoms with Crippen LogP contribution in [0.25, 0.3) is 0 Å². The molecule has 2 atom stereocenters. The molecule has 7 heteroatoms. The Kier molecular flexibility index (Phi) is 4.16. The van der Waals surface area contributed by atoms with Gasteiger partial charge in [0.15, 0.2) is 0 Å². The van der Waals surface area contributed by atoms with E-state index in [0.717, 1.165) is 6.07 Å². The predicted molar refractivity (Wildman–Crippen MR) is 76.5 cm³/mol. The minimum Gasteiger partial charge on any atom is -0.392 e. The number of likely N-dealkylation sites (tertiary alicyclic amines) is 1. The number of aromatic nitrogens is 1. The van der Waals surface area contributed by atoms with Crippen LogP contribution in [-0.2, 0) is 12.7 Å². The normalized spacial score (nSPS) is 22.7. The van der Waals surface area contributed by atoms with Crippen LogP contribution in [0.15, 0.2) is 34.9 Å².